The molecule has 2 N–H and O–H groups in total. The minimum atomic E-state index is -4.00. The predicted molar refractivity (Wildman–Crippen MR) is 140 cm³/mol. The minimum Gasteiger partial charge on any atom is -0.480 e. The molecule has 3 rings (SSSR count). The maximum absolute atomic E-state index is 13.4. The van der Waals surface area contributed by atoms with Gasteiger partial charge in [0.1, 0.15) is 17.8 Å². The molecule has 0 aromatic heterocycles. The van der Waals surface area contributed by atoms with Crippen molar-refractivity contribution in [2.75, 3.05) is 20.0 Å². The van der Waals surface area contributed by atoms with Crippen LogP contribution >= 0.6 is 11.8 Å². The Morgan fingerprint density at radius 3 is 2.27 bits per heavy atom. The Bertz CT molecular complexity index is 1260. The smallest absolute Gasteiger partial charge is 0.414 e. The molecule has 2 aromatic rings. The van der Waals surface area contributed by atoms with E-state index < -0.39 is 44.8 Å². The maximum Gasteiger partial charge on any atom is 0.414 e. The number of aliphatic carboxylic acids is 1. The molecule has 1 heterocycles. The molecule has 1 saturated heterocycles. The van der Waals surface area contributed by atoms with Crippen LogP contribution < -0.4 is 10.1 Å². The van der Waals surface area contributed by atoms with Crippen LogP contribution in [0.15, 0.2) is 53.4 Å². The lowest BCUT2D eigenvalue weighted by atomic mass is 10.0. The highest BCUT2D eigenvalue weighted by molar-refractivity contribution is 8.02. The van der Waals surface area contributed by atoms with Gasteiger partial charge in [0, 0.05) is 25.3 Å². The summed E-state index contributed by atoms with van der Waals surface area (Å²) in [4.78, 5) is 38.4. The van der Waals surface area contributed by atoms with E-state index in [2.05, 4.69) is 5.32 Å². The highest BCUT2D eigenvalue weighted by atomic mass is 32.2. The topological polar surface area (TPSA) is 133 Å². The number of ether oxygens (including phenoxy) is 1. The molecular weight excluding hydrogens is 518 g/mol. The Labute approximate surface area is 221 Å². The van der Waals surface area contributed by atoms with E-state index in [1.54, 1.807) is 52.2 Å². The molecule has 1 aliphatic rings. The Morgan fingerprint density at radius 2 is 1.73 bits per heavy atom. The van der Waals surface area contributed by atoms with Gasteiger partial charge >= 0.3 is 12.1 Å². The zero-order valence-corrected chi connectivity index (χ0v) is 22.9. The monoisotopic (exact) mass is 549 g/mol. The summed E-state index contributed by atoms with van der Waals surface area (Å²) in [7, 11) is -0.898. The van der Waals surface area contributed by atoms with Crippen LogP contribution in [-0.4, -0.2) is 77.5 Å². The number of sulfonamides is 1. The second-order valence-corrected chi connectivity index (χ2v) is 13.0. The number of thioether (sulfide) groups is 1. The number of nitrogens with one attached hydrogen (secondary N) is 1. The van der Waals surface area contributed by atoms with Crippen LogP contribution in [0.2, 0.25) is 0 Å². The summed E-state index contributed by atoms with van der Waals surface area (Å²) in [6.45, 7) is 5.36. The lowest BCUT2D eigenvalue weighted by molar-refractivity contribution is -0.142. The van der Waals surface area contributed by atoms with Gasteiger partial charge in [-0.15, -0.1) is 11.8 Å². The van der Waals surface area contributed by atoms with Crippen LogP contribution in [0.3, 0.4) is 0 Å². The van der Waals surface area contributed by atoms with Crippen molar-refractivity contribution < 1.29 is 32.6 Å². The maximum atomic E-state index is 13.4. The highest BCUT2D eigenvalue weighted by Crippen LogP contribution is 2.42. The van der Waals surface area contributed by atoms with Gasteiger partial charge in [-0.3, -0.25) is 4.79 Å². The summed E-state index contributed by atoms with van der Waals surface area (Å²) < 4.78 is 32.3. The van der Waals surface area contributed by atoms with Crippen molar-refractivity contribution in [3.63, 3.8) is 0 Å². The van der Waals surface area contributed by atoms with Gasteiger partial charge in [0.15, 0.2) is 0 Å². The van der Waals surface area contributed by atoms with Gasteiger partial charge in [-0.25, -0.2) is 18.0 Å². The zero-order valence-electron chi connectivity index (χ0n) is 21.3. The fraction of sp³-hybridized carbons (Fsp3) is 0.400. The summed E-state index contributed by atoms with van der Waals surface area (Å²) in [5.41, 5.74) is 1.49. The zero-order chi connectivity index (χ0) is 27.5. The van der Waals surface area contributed by atoms with Crippen molar-refractivity contribution in [3.05, 3.63) is 59.7 Å². The summed E-state index contributed by atoms with van der Waals surface area (Å²) in [5, 5.41) is 12.3. The molecule has 10 nitrogen and oxygen atoms in total. The van der Waals surface area contributed by atoms with Crippen molar-refractivity contribution in [2.24, 2.45) is 0 Å². The van der Waals surface area contributed by atoms with Gasteiger partial charge in [0.2, 0.25) is 15.9 Å². The number of carbonyl (C=O) groups is 3. The molecule has 0 spiro atoms. The Kier molecular flexibility index (Phi) is 8.56. The van der Waals surface area contributed by atoms with Gasteiger partial charge < -0.3 is 20.1 Å². The van der Waals surface area contributed by atoms with Crippen LogP contribution in [0.25, 0.3) is 0 Å². The van der Waals surface area contributed by atoms with Gasteiger partial charge in [0.25, 0.3) is 0 Å². The number of hydrogen-bond acceptors (Lipinski definition) is 7. The Hall–Kier alpha value is -3.09. The van der Waals surface area contributed by atoms with E-state index in [0.717, 1.165) is 9.87 Å². The van der Waals surface area contributed by atoms with E-state index in [4.69, 9.17) is 4.74 Å². The van der Waals surface area contributed by atoms with E-state index in [9.17, 15) is 27.9 Å². The third-order valence-electron chi connectivity index (χ3n) is 5.93. The number of nitrogens with zero attached hydrogens (tertiary/aromatic N) is 2. The van der Waals surface area contributed by atoms with Crippen molar-refractivity contribution in [3.8, 4) is 5.75 Å². The second kappa shape index (κ2) is 11.1. The molecule has 0 radical (unpaired) electrons. The number of benzene rings is 2. The third-order valence-corrected chi connectivity index (χ3v) is 9.30. The number of aryl methyl sites for hydroxylation is 1. The van der Waals surface area contributed by atoms with E-state index in [1.165, 1.54) is 40.9 Å². The first-order chi connectivity index (χ1) is 17.2. The van der Waals surface area contributed by atoms with Crippen LogP contribution in [0.1, 0.15) is 25.0 Å². The van der Waals surface area contributed by atoms with Crippen molar-refractivity contribution >= 4 is 39.8 Å². The summed E-state index contributed by atoms with van der Waals surface area (Å²) in [6, 6.07) is 10.2. The van der Waals surface area contributed by atoms with Crippen LogP contribution in [0.5, 0.6) is 5.75 Å². The number of carbonyl (C=O) groups excluding carboxylic acids is 2. The lowest BCUT2D eigenvalue weighted by Gasteiger charge is -2.31. The number of hydrogen-bond donors (Lipinski definition) is 2. The number of carboxylic acid groups (broad SMARTS) is 1. The van der Waals surface area contributed by atoms with Crippen LogP contribution in [0, 0.1) is 6.92 Å². The molecule has 12 heteroatoms. The molecule has 200 valence electrons. The summed E-state index contributed by atoms with van der Waals surface area (Å²) >= 11 is 1.31. The first-order valence-electron chi connectivity index (χ1n) is 11.5. The highest BCUT2D eigenvalue weighted by Gasteiger charge is 2.51. The first kappa shape index (κ1) is 28.5. The van der Waals surface area contributed by atoms with E-state index >= 15 is 0 Å². The lowest BCUT2D eigenvalue weighted by Crippen LogP contribution is -2.56. The molecule has 37 heavy (non-hydrogen) atoms. The normalized spacial score (nSPS) is 18.1. The molecule has 0 bridgehead atoms. The fourth-order valence-electron chi connectivity index (χ4n) is 3.80. The van der Waals surface area contributed by atoms with Gasteiger partial charge in [0.05, 0.1) is 10.8 Å². The van der Waals surface area contributed by atoms with Crippen LogP contribution in [0.4, 0.5) is 4.79 Å². The number of rotatable bonds is 8. The van der Waals surface area contributed by atoms with Crippen molar-refractivity contribution in [1.29, 1.82) is 0 Å². The fourth-order valence-corrected chi connectivity index (χ4v) is 6.97. The average molecular weight is 550 g/mol. The molecule has 0 aliphatic carbocycles. The molecule has 2 amide bonds. The molecular formula is C25H31N3O7S2. The minimum absolute atomic E-state index is 0.0476. The Balaban J connectivity index is 1.78. The summed E-state index contributed by atoms with van der Waals surface area (Å²) in [6.07, 6.45) is -0.598. The van der Waals surface area contributed by atoms with Gasteiger partial charge in [-0.1, -0.05) is 29.8 Å². The standard InChI is InChI=1S/C25H31N3O7S2/c1-16-6-12-19(13-7-16)37(33,34)28-15-36-25(2,3)21(28)22(29)26-20(23(30)31)14-17-8-10-18(11-9-17)35-24(32)27(4)5/h6-13,20-21H,14-15H2,1-5H3,(H,26,29)(H,30,31)/t20-,21+/m0/s1. The SMILES string of the molecule is Cc1ccc(S(=O)(=O)N2CSC(C)(C)[C@H]2C(=O)N[C@@H](Cc2ccc(OC(=O)N(C)C)cc2)C(=O)O)cc1. The molecule has 2 aromatic carbocycles. The third kappa shape index (κ3) is 6.62. The molecule has 1 aliphatic heterocycles. The Morgan fingerprint density at radius 1 is 1.14 bits per heavy atom. The number of carboxylic acids is 1. The molecule has 1 fully saturated rings. The second-order valence-electron chi connectivity index (χ2n) is 9.49. The van der Waals surface area contributed by atoms with E-state index in [0.29, 0.717) is 11.3 Å². The van der Waals surface area contributed by atoms with Crippen LogP contribution in [-0.2, 0) is 26.0 Å². The van der Waals surface area contributed by atoms with Crippen molar-refractivity contribution in [1.82, 2.24) is 14.5 Å². The van der Waals surface area contributed by atoms with E-state index in [1.807, 2.05) is 6.92 Å². The first-order valence-corrected chi connectivity index (χ1v) is 13.9. The predicted octanol–water partition coefficient (Wildman–Crippen LogP) is 2.71. The van der Waals surface area contributed by atoms with Gasteiger partial charge in [-0.2, -0.15) is 4.31 Å². The molecule has 0 saturated carbocycles. The largest absolute Gasteiger partial charge is 0.480 e. The number of amides is 2. The molecule has 0 unspecified atom stereocenters. The molecule has 2 atom stereocenters. The average Bonchev–Trinajstić information content (AvgIpc) is 3.15. The summed E-state index contributed by atoms with van der Waals surface area (Å²) in [5.74, 6) is -1.59. The van der Waals surface area contributed by atoms with Crippen molar-refractivity contribution in [2.45, 2.75) is 48.9 Å². The van der Waals surface area contributed by atoms with Gasteiger partial charge in [-0.05, 0) is 50.6 Å². The quantitative estimate of drug-likeness (QED) is 0.514. The van der Waals surface area contributed by atoms with E-state index in [-0.39, 0.29) is 17.2 Å².